The van der Waals surface area contributed by atoms with E-state index < -0.39 is 6.10 Å². The number of hydrogen-bond donors (Lipinski definition) is 1. The highest BCUT2D eigenvalue weighted by Crippen LogP contribution is 2.24. The van der Waals surface area contributed by atoms with Crippen molar-refractivity contribution in [2.45, 2.75) is 45.6 Å². The maximum Gasteiger partial charge on any atom is 0.261 e. The Balaban J connectivity index is 1.78. The average molecular weight is 386 g/mol. The molecule has 2 rings (SSSR count). The Labute approximate surface area is 168 Å². The number of benzene rings is 2. The van der Waals surface area contributed by atoms with Gasteiger partial charge in [-0.05, 0) is 41.7 Å². The fourth-order valence-corrected chi connectivity index (χ4v) is 2.67. The van der Waals surface area contributed by atoms with E-state index in [1.807, 2.05) is 37.3 Å². The third-order valence-electron chi connectivity index (χ3n) is 4.37. The molecular weight excluding hydrogens is 354 g/mol. The molecule has 5 nitrogen and oxygen atoms in total. The molecule has 0 heterocycles. The van der Waals surface area contributed by atoms with E-state index in [1.54, 1.807) is 13.2 Å². The summed E-state index contributed by atoms with van der Waals surface area (Å²) in [7, 11) is 1.60. The van der Waals surface area contributed by atoms with Crippen LogP contribution in [0.25, 0.3) is 0 Å². The Kier molecular flexibility index (Phi) is 7.73. The zero-order chi connectivity index (χ0) is 20.6. The van der Waals surface area contributed by atoms with E-state index >= 15 is 0 Å². The zero-order valence-corrected chi connectivity index (χ0v) is 17.5. The van der Waals surface area contributed by atoms with Crippen molar-refractivity contribution in [2.75, 3.05) is 20.3 Å². The van der Waals surface area contributed by atoms with Gasteiger partial charge in [0.25, 0.3) is 5.91 Å². The first-order valence-electron chi connectivity index (χ1n) is 9.65. The number of methoxy groups -OCH3 is 1. The fraction of sp³-hybridized carbons (Fsp3) is 0.435. The SMILES string of the molecule is CC[C@@H](Oc1cccc(OC)c1)C(=O)NCCOc1ccc(C(C)(C)C)cc1. The summed E-state index contributed by atoms with van der Waals surface area (Å²) in [5.74, 6) is 1.94. The lowest BCUT2D eigenvalue weighted by atomic mass is 9.87. The molecule has 0 aliphatic carbocycles. The molecule has 5 heteroatoms. The Morgan fingerprint density at radius 3 is 2.32 bits per heavy atom. The Morgan fingerprint density at radius 2 is 1.71 bits per heavy atom. The van der Waals surface area contributed by atoms with Crippen LogP contribution < -0.4 is 19.5 Å². The number of amides is 1. The normalized spacial score (nSPS) is 12.2. The third kappa shape index (κ3) is 6.48. The quantitative estimate of drug-likeness (QED) is 0.652. The number of carbonyl (C=O) groups is 1. The molecule has 0 saturated heterocycles. The van der Waals surface area contributed by atoms with E-state index in [0.717, 1.165) is 5.75 Å². The van der Waals surface area contributed by atoms with Crippen molar-refractivity contribution in [1.29, 1.82) is 0 Å². The van der Waals surface area contributed by atoms with E-state index in [9.17, 15) is 4.79 Å². The Bertz CT molecular complexity index is 750. The summed E-state index contributed by atoms with van der Waals surface area (Å²) in [4.78, 5) is 12.4. The van der Waals surface area contributed by atoms with Gasteiger partial charge in [-0.2, -0.15) is 0 Å². The van der Waals surface area contributed by atoms with Crippen LogP contribution >= 0.6 is 0 Å². The molecule has 1 N–H and O–H groups in total. The lowest BCUT2D eigenvalue weighted by Gasteiger charge is -2.19. The highest BCUT2D eigenvalue weighted by atomic mass is 16.5. The third-order valence-corrected chi connectivity index (χ3v) is 4.37. The van der Waals surface area contributed by atoms with Crippen molar-refractivity contribution < 1.29 is 19.0 Å². The maximum absolute atomic E-state index is 12.4. The number of hydrogen-bond acceptors (Lipinski definition) is 4. The molecule has 28 heavy (non-hydrogen) atoms. The van der Waals surface area contributed by atoms with Crippen LogP contribution in [0.15, 0.2) is 48.5 Å². The summed E-state index contributed by atoms with van der Waals surface area (Å²) in [6.45, 7) is 9.26. The molecule has 1 atom stereocenters. The standard InChI is InChI=1S/C23H31NO4/c1-6-21(28-20-9-7-8-19(16-20)26-5)22(25)24-14-15-27-18-12-10-17(11-13-18)23(2,3)4/h7-13,16,21H,6,14-15H2,1-5H3,(H,24,25)/t21-/m1/s1. The molecule has 0 aliphatic rings. The molecule has 0 fully saturated rings. The highest BCUT2D eigenvalue weighted by Gasteiger charge is 2.18. The van der Waals surface area contributed by atoms with Gasteiger partial charge in [0.1, 0.15) is 23.9 Å². The van der Waals surface area contributed by atoms with Gasteiger partial charge in [-0.25, -0.2) is 0 Å². The molecule has 0 radical (unpaired) electrons. The van der Waals surface area contributed by atoms with Crippen molar-refractivity contribution in [2.24, 2.45) is 0 Å². The second-order valence-electron chi connectivity index (χ2n) is 7.61. The summed E-state index contributed by atoms with van der Waals surface area (Å²) in [6.07, 6.45) is 0.0104. The van der Waals surface area contributed by atoms with Gasteiger partial charge in [-0.3, -0.25) is 4.79 Å². The first kappa shape index (κ1) is 21.6. The Hall–Kier alpha value is -2.69. The van der Waals surface area contributed by atoms with Gasteiger partial charge in [-0.15, -0.1) is 0 Å². The highest BCUT2D eigenvalue weighted by molar-refractivity contribution is 5.81. The molecule has 0 aliphatic heterocycles. The van der Waals surface area contributed by atoms with Gasteiger partial charge in [0, 0.05) is 6.07 Å². The summed E-state index contributed by atoms with van der Waals surface area (Å²) >= 11 is 0. The van der Waals surface area contributed by atoms with Gasteiger partial charge in [0.2, 0.25) is 0 Å². The van der Waals surface area contributed by atoms with Crippen LogP contribution in [-0.2, 0) is 10.2 Å². The average Bonchev–Trinajstić information content (AvgIpc) is 2.69. The molecule has 2 aromatic rings. The van der Waals surface area contributed by atoms with E-state index in [4.69, 9.17) is 14.2 Å². The summed E-state index contributed by atoms with van der Waals surface area (Å²) in [5.41, 5.74) is 1.37. The zero-order valence-electron chi connectivity index (χ0n) is 17.5. The second-order valence-corrected chi connectivity index (χ2v) is 7.61. The summed E-state index contributed by atoms with van der Waals surface area (Å²) < 4.78 is 16.7. The van der Waals surface area contributed by atoms with Crippen LogP contribution in [0, 0.1) is 0 Å². The number of nitrogens with one attached hydrogen (secondary N) is 1. The molecule has 152 valence electrons. The molecular formula is C23H31NO4. The molecule has 2 aromatic carbocycles. The van der Waals surface area contributed by atoms with Gasteiger partial charge in [0.05, 0.1) is 13.7 Å². The van der Waals surface area contributed by atoms with Crippen molar-refractivity contribution in [3.8, 4) is 17.2 Å². The predicted molar refractivity (Wildman–Crippen MR) is 111 cm³/mol. The van der Waals surface area contributed by atoms with Gasteiger partial charge >= 0.3 is 0 Å². The number of ether oxygens (including phenoxy) is 3. The largest absolute Gasteiger partial charge is 0.497 e. The summed E-state index contributed by atoms with van der Waals surface area (Å²) in [6, 6.07) is 15.3. The van der Waals surface area contributed by atoms with Gasteiger partial charge in [0.15, 0.2) is 6.10 Å². The van der Waals surface area contributed by atoms with E-state index in [1.165, 1.54) is 5.56 Å². The van der Waals surface area contributed by atoms with Crippen LogP contribution in [0.1, 0.15) is 39.7 Å². The number of carbonyl (C=O) groups excluding carboxylic acids is 1. The topological polar surface area (TPSA) is 56.8 Å². The maximum atomic E-state index is 12.4. The van der Waals surface area contributed by atoms with Gasteiger partial charge < -0.3 is 19.5 Å². The minimum Gasteiger partial charge on any atom is -0.497 e. The molecule has 1 amide bonds. The van der Waals surface area contributed by atoms with Crippen molar-refractivity contribution in [3.05, 3.63) is 54.1 Å². The number of rotatable bonds is 9. The molecule has 0 saturated carbocycles. The lowest BCUT2D eigenvalue weighted by molar-refractivity contribution is -0.128. The van der Waals surface area contributed by atoms with Crippen LogP contribution in [0.4, 0.5) is 0 Å². The first-order valence-corrected chi connectivity index (χ1v) is 9.65. The first-order chi connectivity index (χ1) is 13.3. The fourth-order valence-electron chi connectivity index (χ4n) is 2.67. The summed E-state index contributed by atoms with van der Waals surface area (Å²) in [5, 5.41) is 2.87. The minimum atomic E-state index is -0.557. The second kappa shape index (κ2) is 10.0. The smallest absolute Gasteiger partial charge is 0.261 e. The molecule has 0 aromatic heterocycles. The monoisotopic (exact) mass is 385 g/mol. The molecule has 0 spiro atoms. The lowest BCUT2D eigenvalue weighted by Crippen LogP contribution is -2.39. The minimum absolute atomic E-state index is 0.116. The Morgan fingerprint density at radius 1 is 1.04 bits per heavy atom. The van der Waals surface area contributed by atoms with Crippen molar-refractivity contribution >= 4 is 5.91 Å². The van der Waals surface area contributed by atoms with Crippen molar-refractivity contribution in [1.82, 2.24) is 5.32 Å². The molecule has 0 bridgehead atoms. The van der Waals surface area contributed by atoms with Crippen LogP contribution in [0.5, 0.6) is 17.2 Å². The van der Waals surface area contributed by atoms with Crippen LogP contribution in [0.2, 0.25) is 0 Å². The molecule has 0 unspecified atom stereocenters. The van der Waals surface area contributed by atoms with E-state index in [-0.39, 0.29) is 11.3 Å². The predicted octanol–water partition coefficient (Wildman–Crippen LogP) is 4.35. The van der Waals surface area contributed by atoms with Gasteiger partial charge in [-0.1, -0.05) is 45.9 Å². The van der Waals surface area contributed by atoms with Crippen LogP contribution in [0.3, 0.4) is 0 Å². The van der Waals surface area contributed by atoms with Crippen molar-refractivity contribution in [3.63, 3.8) is 0 Å². The van der Waals surface area contributed by atoms with E-state index in [2.05, 4.69) is 38.2 Å². The van der Waals surface area contributed by atoms with E-state index in [0.29, 0.717) is 31.1 Å². The van der Waals surface area contributed by atoms with Crippen LogP contribution in [-0.4, -0.2) is 32.3 Å².